The Balaban J connectivity index is 2.24. The molecule has 1 aliphatic carbocycles. The standard InChI is InChI=1S/C7H11NO3/c1-11-7(10)6(9)8-5-3-2-4-5/h5H,2-4H2,1H3,(H,8,9). The summed E-state index contributed by atoms with van der Waals surface area (Å²) in [5, 5.41) is 2.55. The van der Waals surface area contributed by atoms with E-state index in [0.717, 1.165) is 19.3 Å². The van der Waals surface area contributed by atoms with E-state index in [0.29, 0.717) is 0 Å². The highest BCUT2D eigenvalue weighted by molar-refractivity contribution is 6.32. The molecule has 0 radical (unpaired) electrons. The van der Waals surface area contributed by atoms with Crippen molar-refractivity contribution in [1.29, 1.82) is 0 Å². The topological polar surface area (TPSA) is 55.4 Å². The van der Waals surface area contributed by atoms with Crippen molar-refractivity contribution in [1.82, 2.24) is 5.32 Å². The van der Waals surface area contributed by atoms with Gasteiger partial charge in [0.15, 0.2) is 0 Å². The Morgan fingerprint density at radius 3 is 2.45 bits per heavy atom. The highest BCUT2D eigenvalue weighted by Gasteiger charge is 2.23. The van der Waals surface area contributed by atoms with Crippen LogP contribution >= 0.6 is 0 Å². The third-order valence-corrected chi connectivity index (χ3v) is 1.81. The van der Waals surface area contributed by atoms with Crippen molar-refractivity contribution in [3.05, 3.63) is 0 Å². The number of rotatable bonds is 1. The van der Waals surface area contributed by atoms with Gasteiger partial charge in [0.25, 0.3) is 0 Å². The molecule has 11 heavy (non-hydrogen) atoms. The van der Waals surface area contributed by atoms with Crippen molar-refractivity contribution in [2.75, 3.05) is 7.11 Å². The van der Waals surface area contributed by atoms with Gasteiger partial charge in [0.2, 0.25) is 0 Å². The Labute approximate surface area is 64.9 Å². The zero-order valence-electron chi connectivity index (χ0n) is 6.42. The van der Waals surface area contributed by atoms with E-state index in [2.05, 4.69) is 10.1 Å². The second kappa shape index (κ2) is 3.37. The molecular weight excluding hydrogens is 146 g/mol. The van der Waals surface area contributed by atoms with E-state index in [-0.39, 0.29) is 6.04 Å². The normalized spacial score (nSPS) is 16.8. The van der Waals surface area contributed by atoms with Crippen molar-refractivity contribution in [3.8, 4) is 0 Å². The summed E-state index contributed by atoms with van der Waals surface area (Å²) >= 11 is 0. The molecular formula is C7H11NO3. The van der Waals surface area contributed by atoms with Crippen molar-refractivity contribution in [2.24, 2.45) is 0 Å². The predicted molar refractivity (Wildman–Crippen MR) is 37.8 cm³/mol. The first kappa shape index (κ1) is 8.04. The van der Waals surface area contributed by atoms with E-state index in [1.54, 1.807) is 0 Å². The summed E-state index contributed by atoms with van der Waals surface area (Å²) in [4.78, 5) is 21.3. The van der Waals surface area contributed by atoms with E-state index < -0.39 is 11.9 Å². The number of carbonyl (C=O) groups excluding carboxylic acids is 2. The lowest BCUT2D eigenvalue weighted by atomic mass is 9.93. The summed E-state index contributed by atoms with van der Waals surface area (Å²) in [6.45, 7) is 0. The van der Waals surface area contributed by atoms with Crippen molar-refractivity contribution >= 4 is 11.9 Å². The van der Waals surface area contributed by atoms with E-state index in [1.165, 1.54) is 7.11 Å². The number of hydrogen-bond acceptors (Lipinski definition) is 3. The van der Waals surface area contributed by atoms with Gasteiger partial charge in [0.05, 0.1) is 7.11 Å². The van der Waals surface area contributed by atoms with Crippen LogP contribution in [0, 0.1) is 0 Å². The second-order valence-electron chi connectivity index (χ2n) is 2.59. The molecule has 0 unspecified atom stereocenters. The fraction of sp³-hybridized carbons (Fsp3) is 0.714. The van der Waals surface area contributed by atoms with Gasteiger partial charge in [0.1, 0.15) is 0 Å². The van der Waals surface area contributed by atoms with Crippen LogP contribution in [0.1, 0.15) is 19.3 Å². The summed E-state index contributed by atoms with van der Waals surface area (Å²) in [5.41, 5.74) is 0. The van der Waals surface area contributed by atoms with E-state index >= 15 is 0 Å². The summed E-state index contributed by atoms with van der Waals surface area (Å²) in [6.07, 6.45) is 3.08. The third-order valence-electron chi connectivity index (χ3n) is 1.81. The summed E-state index contributed by atoms with van der Waals surface area (Å²) in [6, 6.07) is 0.196. The minimum absolute atomic E-state index is 0.196. The molecule has 1 amide bonds. The molecule has 0 aromatic heterocycles. The summed E-state index contributed by atoms with van der Waals surface area (Å²) in [5.74, 6) is -1.44. The predicted octanol–water partition coefficient (Wildman–Crippen LogP) is -0.172. The second-order valence-corrected chi connectivity index (χ2v) is 2.59. The monoisotopic (exact) mass is 157 g/mol. The van der Waals surface area contributed by atoms with Crippen LogP contribution in [0.2, 0.25) is 0 Å². The van der Waals surface area contributed by atoms with Gasteiger partial charge < -0.3 is 10.1 Å². The number of amides is 1. The first-order valence-corrected chi connectivity index (χ1v) is 3.63. The Bertz CT molecular complexity index is 175. The SMILES string of the molecule is COC(=O)C(=O)NC1CCC1. The molecule has 4 nitrogen and oxygen atoms in total. The molecule has 0 aliphatic heterocycles. The van der Waals surface area contributed by atoms with Gasteiger partial charge in [0, 0.05) is 6.04 Å². The van der Waals surface area contributed by atoms with Crippen LogP contribution in [0.5, 0.6) is 0 Å². The number of nitrogens with one attached hydrogen (secondary N) is 1. The number of hydrogen-bond donors (Lipinski definition) is 1. The lowest BCUT2D eigenvalue weighted by Crippen LogP contribution is -2.43. The highest BCUT2D eigenvalue weighted by atomic mass is 16.5. The first-order chi connectivity index (χ1) is 5.24. The lowest BCUT2D eigenvalue weighted by molar-refractivity contribution is -0.153. The van der Waals surface area contributed by atoms with Gasteiger partial charge in [-0.1, -0.05) is 0 Å². The average molecular weight is 157 g/mol. The van der Waals surface area contributed by atoms with Crippen LogP contribution in [-0.2, 0) is 14.3 Å². The summed E-state index contributed by atoms with van der Waals surface area (Å²) in [7, 11) is 1.20. The van der Waals surface area contributed by atoms with Crippen molar-refractivity contribution in [3.63, 3.8) is 0 Å². The number of esters is 1. The fourth-order valence-corrected chi connectivity index (χ4v) is 0.890. The van der Waals surface area contributed by atoms with Crippen LogP contribution in [-0.4, -0.2) is 25.0 Å². The smallest absolute Gasteiger partial charge is 0.396 e. The maximum absolute atomic E-state index is 10.8. The summed E-state index contributed by atoms with van der Waals surface area (Å²) < 4.78 is 4.23. The largest absolute Gasteiger partial charge is 0.462 e. The molecule has 1 rings (SSSR count). The number of methoxy groups -OCH3 is 1. The van der Waals surface area contributed by atoms with Crippen LogP contribution < -0.4 is 5.32 Å². The van der Waals surface area contributed by atoms with Crippen LogP contribution in [0.25, 0.3) is 0 Å². The molecule has 1 saturated carbocycles. The van der Waals surface area contributed by atoms with Gasteiger partial charge in [-0.15, -0.1) is 0 Å². The zero-order valence-corrected chi connectivity index (χ0v) is 6.42. The Kier molecular flexibility index (Phi) is 2.46. The van der Waals surface area contributed by atoms with Gasteiger partial charge >= 0.3 is 11.9 Å². The molecule has 1 aliphatic rings. The highest BCUT2D eigenvalue weighted by Crippen LogP contribution is 2.17. The Hall–Kier alpha value is -1.06. The molecule has 0 spiro atoms. The number of ether oxygens (including phenoxy) is 1. The van der Waals surface area contributed by atoms with Crippen LogP contribution in [0.15, 0.2) is 0 Å². The molecule has 0 bridgehead atoms. The zero-order chi connectivity index (χ0) is 8.27. The van der Waals surface area contributed by atoms with Crippen molar-refractivity contribution < 1.29 is 14.3 Å². The van der Waals surface area contributed by atoms with E-state index in [4.69, 9.17) is 0 Å². The maximum atomic E-state index is 10.8. The molecule has 4 heteroatoms. The molecule has 0 aromatic rings. The molecule has 0 aromatic carbocycles. The van der Waals surface area contributed by atoms with E-state index in [1.807, 2.05) is 0 Å². The quantitative estimate of drug-likeness (QED) is 0.424. The van der Waals surface area contributed by atoms with E-state index in [9.17, 15) is 9.59 Å². The van der Waals surface area contributed by atoms with Gasteiger partial charge in [-0.05, 0) is 19.3 Å². The molecule has 0 atom stereocenters. The minimum atomic E-state index is -0.808. The average Bonchev–Trinajstić information content (AvgIpc) is 1.94. The molecule has 1 N–H and O–H groups in total. The van der Waals surface area contributed by atoms with Crippen LogP contribution in [0.3, 0.4) is 0 Å². The van der Waals surface area contributed by atoms with Crippen molar-refractivity contribution in [2.45, 2.75) is 25.3 Å². The minimum Gasteiger partial charge on any atom is -0.462 e. The molecule has 62 valence electrons. The molecule has 1 fully saturated rings. The van der Waals surface area contributed by atoms with Gasteiger partial charge in [-0.3, -0.25) is 4.79 Å². The molecule has 0 saturated heterocycles. The number of carbonyl (C=O) groups is 2. The first-order valence-electron chi connectivity index (χ1n) is 3.63. The third kappa shape index (κ3) is 1.93. The van der Waals surface area contributed by atoms with Gasteiger partial charge in [-0.2, -0.15) is 0 Å². The fourth-order valence-electron chi connectivity index (χ4n) is 0.890. The maximum Gasteiger partial charge on any atom is 0.396 e. The Morgan fingerprint density at radius 1 is 1.45 bits per heavy atom. The van der Waals surface area contributed by atoms with Gasteiger partial charge in [-0.25, -0.2) is 4.79 Å². The lowest BCUT2D eigenvalue weighted by Gasteiger charge is -2.25. The van der Waals surface area contributed by atoms with Crippen LogP contribution in [0.4, 0.5) is 0 Å². The molecule has 0 heterocycles. The Morgan fingerprint density at radius 2 is 2.09 bits per heavy atom.